The number of aromatic nitrogens is 1. The molecule has 2 nitrogen and oxygen atoms in total. The standard InChI is InChI=1S/C15H18FNOS2/c1-3-4-15-17-13(10-20-15)9-19-8-11-7-12(16)5-6-14(11)18-2/h5-7,10H,3-4,8-9H2,1-2H3. The first-order chi connectivity index (χ1) is 9.72. The van der Waals surface area contributed by atoms with E-state index in [2.05, 4.69) is 17.3 Å². The van der Waals surface area contributed by atoms with Gasteiger partial charge in [-0.15, -0.1) is 11.3 Å². The quantitative estimate of drug-likeness (QED) is 0.741. The van der Waals surface area contributed by atoms with Gasteiger partial charge in [0.2, 0.25) is 0 Å². The number of methoxy groups -OCH3 is 1. The van der Waals surface area contributed by atoms with E-state index >= 15 is 0 Å². The number of halogens is 1. The number of thiazole rings is 1. The van der Waals surface area contributed by atoms with Crippen LogP contribution in [0.5, 0.6) is 5.75 Å². The van der Waals surface area contributed by atoms with Crippen LogP contribution < -0.4 is 4.74 Å². The monoisotopic (exact) mass is 311 g/mol. The van der Waals surface area contributed by atoms with E-state index in [1.165, 1.54) is 17.1 Å². The van der Waals surface area contributed by atoms with Crippen molar-refractivity contribution in [3.8, 4) is 5.75 Å². The van der Waals surface area contributed by atoms with Crippen molar-refractivity contribution < 1.29 is 9.13 Å². The first-order valence-electron chi connectivity index (χ1n) is 6.56. The minimum Gasteiger partial charge on any atom is -0.496 e. The van der Waals surface area contributed by atoms with E-state index in [4.69, 9.17) is 4.74 Å². The van der Waals surface area contributed by atoms with Crippen molar-refractivity contribution in [2.45, 2.75) is 31.3 Å². The molecule has 0 amide bonds. The number of ether oxygens (including phenoxy) is 1. The third-order valence-corrected chi connectivity index (χ3v) is 4.79. The number of thioether (sulfide) groups is 1. The number of rotatable bonds is 7. The normalized spacial score (nSPS) is 10.8. The van der Waals surface area contributed by atoms with Gasteiger partial charge in [-0.25, -0.2) is 9.37 Å². The van der Waals surface area contributed by atoms with Crippen LogP contribution >= 0.6 is 23.1 Å². The maximum atomic E-state index is 13.2. The SMILES string of the molecule is CCCc1nc(CSCc2cc(F)ccc2OC)cs1. The fourth-order valence-corrected chi connectivity index (χ4v) is 3.78. The second-order valence-corrected chi connectivity index (χ2v) is 6.36. The molecular formula is C15H18FNOS2. The Morgan fingerprint density at radius 1 is 1.35 bits per heavy atom. The van der Waals surface area contributed by atoms with Crippen LogP contribution in [0.2, 0.25) is 0 Å². The van der Waals surface area contributed by atoms with Crippen molar-refractivity contribution >= 4 is 23.1 Å². The summed E-state index contributed by atoms with van der Waals surface area (Å²) < 4.78 is 18.5. The summed E-state index contributed by atoms with van der Waals surface area (Å²) in [6.45, 7) is 2.16. The van der Waals surface area contributed by atoms with Crippen LogP contribution in [0.15, 0.2) is 23.6 Å². The van der Waals surface area contributed by atoms with Crippen molar-refractivity contribution in [2.75, 3.05) is 7.11 Å². The summed E-state index contributed by atoms with van der Waals surface area (Å²) in [6, 6.07) is 4.63. The molecule has 2 aromatic rings. The zero-order valence-electron chi connectivity index (χ0n) is 11.7. The van der Waals surface area contributed by atoms with E-state index in [9.17, 15) is 4.39 Å². The topological polar surface area (TPSA) is 22.1 Å². The van der Waals surface area contributed by atoms with Crippen LogP contribution in [0.4, 0.5) is 4.39 Å². The van der Waals surface area contributed by atoms with Crippen LogP contribution in [-0.2, 0) is 17.9 Å². The van der Waals surface area contributed by atoms with Gasteiger partial charge in [-0.05, 0) is 31.0 Å². The molecule has 0 saturated carbocycles. The molecule has 0 aliphatic rings. The molecule has 2 rings (SSSR count). The highest BCUT2D eigenvalue weighted by molar-refractivity contribution is 7.97. The summed E-state index contributed by atoms with van der Waals surface area (Å²) in [7, 11) is 1.61. The number of benzene rings is 1. The van der Waals surface area contributed by atoms with Gasteiger partial charge in [-0.3, -0.25) is 0 Å². The minimum atomic E-state index is -0.222. The molecule has 0 radical (unpaired) electrons. The molecular weight excluding hydrogens is 293 g/mol. The number of nitrogens with zero attached hydrogens (tertiary/aromatic N) is 1. The van der Waals surface area contributed by atoms with E-state index < -0.39 is 0 Å². The maximum absolute atomic E-state index is 13.2. The molecule has 108 valence electrons. The number of aryl methyl sites for hydroxylation is 1. The lowest BCUT2D eigenvalue weighted by molar-refractivity contribution is 0.410. The molecule has 0 fully saturated rings. The molecule has 0 atom stereocenters. The van der Waals surface area contributed by atoms with Gasteiger partial charge in [0.1, 0.15) is 11.6 Å². The zero-order chi connectivity index (χ0) is 14.4. The van der Waals surface area contributed by atoms with Crippen LogP contribution in [0.25, 0.3) is 0 Å². The van der Waals surface area contributed by atoms with Crippen molar-refractivity contribution in [3.63, 3.8) is 0 Å². The molecule has 0 unspecified atom stereocenters. The average Bonchev–Trinajstić information content (AvgIpc) is 2.87. The van der Waals surface area contributed by atoms with Crippen LogP contribution in [0.1, 0.15) is 29.6 Å². The number of hydrogen-bond donors (Lipinski definition) is 0. The Kier molecular flexibility index (Phi) is 5.86. The predicted molar refractivity (Wildman–Crippen MR) is 84.1 cm³/mol. The van der Waals surface area contributed by atoms with Crippen LogP contribution in [0.3, 0.4) is 0 Å². The predicted octanol–water partition coefficient (Wildman–Crippen LogP) is 4.68. The summed E-state index contributed by atoms with van der Waals surface area (Å²) in [5, 5.41) is 3.31. The van der Waals surface area contributed by atoms with Gasteiger partial charge < -0.3 is 4.74 Å². The zero-order valence-corrected chi connectivity index (χ0v) is 13.3. The fourth-order valence-electron chi connectivity index (χ4n) is 1.87. The largest absolute Gasteiger partial charge is 0.496 e. The van der Waals surface area contributed by atoms with Gasteiger partial charge in [0.25, 0.3) is 0 Å². The molecule has 0 bridgehead atoms. The third kappa shape index (κ3) is 4.21. The molecule has 0 N–H and O–H groups in total. The van der Waals surface area contributed by atoms with Gasteiger partial charge in [-0.1, -0.05) is 6.92 Å². The molecule has 0 aliphatic carbocycles. The highest BCUT2D eigenvalue weighted by Gasteiger charge is 2.06. The van der Waals surface area contributed by atoms with Gasteiger partial charge in [0.05, 0.1) is 17.8 Å². The molecule has 5 heteroatoms. The Morgan fingerprint density at radius 2 is 2.20 bits per heavy atom. The lowest BCUT2D eigenvalue weighted by atomic mass is 10.2. The Balaban J connectivity index is 1.90. The molecule has 0 spiro atoms. The molecule has 1 aromatic heterocycles. The van der Waals surface area contributed by atoms with Crippen molar-refractivity contribution in [2.24, 2.45) is 0 Å². The van der Waals surface area contributed by atoms with Gasteiger partial charge in [0.15, 0.2) is 0 Å². The molecule has 1 heterocycles. The van der Waals surface area contributed by atoms with Gasteiger partial charge in [0, 0.05) is 22.4 Å². The van der Waals surface area contributed by atoms with E-state index in [1.54, 1.807) is 36.3 Å². The maximum Gasteiger partial charge on any atom is 0.123 e. The van der Waals surface area contributed by atoms with Gasteiger partial charge in [-0.2, -0.15) is 11.8 Å². The number of hydrogen-bond acceptors (Lipinski definition) is 4. The summed E-state index contributed by atoms with van der Waals surface area (Å²) >= 11 is 3.45. The Labute approximate surface area is 127 Å². The van der Waals surface area contributed by atoms with E-state index in [-0.39, 0.29) is 5.82 Å². The van der Waals surface area contributed by atoms with E-state index in [0.29, 0.717) is 0 Å². The lowest BCUT2D eigenvalue weighted by Gasteiger charge is -2.07. The molecule has 0 saturated heterocycles. The fraction of sp³-hybridized carbons (Fsp3) is 0.400. The van der Waals surface area contributed by atoms with Crippen LogP contribution in [0, 0.1) is 5.82 Å². The second kappa shape index (κ2) is 7.64. The summed E-state index contributed by atoms with van der Waals surface area (Å²) in [4.78, 5) is 4.58. The lowest BCUT2D eigenvalue weighted by Crippen LogP contribution is -1.92. The average molecular weight is 311 g/mol. The molecule has 20 heavy (non-hydrogen) atoms. The summed E-state index contributed by atoms with van der Waals surface area (Å²) in [5.41, 5.74) is 2.00. The Bertz CT molecular complexity index is 557. The smallest absolute Gasteiger partial charge is 0.123 e. The highest BCUT2D eigenvalue weighted by atomic mass is 32.2. The molecule has 1 aromatic carbocycles. The second-order valence-electron chi connectivity index (χ2n) is 4.43. The first kappa shape index (κ1) is 15.3. The van der Waals surface area contributed by atoms with Crippen LogP contribution in [-0.4, -0.2) is 12.1 Å². The minimum absolute atomic E-state index is 0.222. The highest BCUT2D eigenvalue weighted by Crippen LogP contribution is 2.26. The molecule has 0 aliphatic heterocycles. The summed E-state index contributed by atoms with van der Waals surface area (Å²) in [5.74, 6) is 2.09. The third-order valence-electron chi connectivity index (χ3n) is 2.81. The van der Waals surface area contributed by atoms with Gasteiger partial charge >= 0.3 is 0 Å². The Hall–Kier alpha value is -1.07. The van der Waals surface area contributed by atoms with Crippen molar-refractivity contribution in [1.29, 1.82) is 0 Å². The van der Waals surface area contributed by atoms with Crippen molar-refractivity contribution in [3.05, 3.63) is 45.7 Å². The van der Waals surface area contributed by atoms with Crippen molar-refractivity contribution in [1.82, 2.24) is 4.98 Å². The van der Waals surface area contributed by atoms with E-state index in [1.807, 2.05) is 0 Å². The first-order valence-corrected chi connectivity index (χ1v) is 8.59. The Morgan fingerprint density at radius 3 is 2.95 bits per heavy atom. The van der Waals surface area contributed by atoms with E-state index in [0.717, 1.165) is 41.4 Å². The summed E-state index contributed by atoms with van der Waals surface area (Å²) in [6.07, 6.45) is 2.17.